The summed E-state index contributed by atoms with van der Waals surface area (Å²) < 4.78 is 0.693. The van der Waals surface area contributed by atoms with Gasteiger partial charge < -0.3 is 10.7 Å². The number of hydrogen-bond acceptors (Lipinski definition) is 3. The first kappa shape index (κ1) is 10.6. The van der Waals surface area contributed by atoms with Gasteiger partial charge >= 0.3 is 5.69 Å². The summed E-state index contributed by atoms with van der Waals surface area (Å²) in [7, 11) is 0. The molecular formula is C9H6BrN3O3. The van der Waals surface area contributed by atoms with Gasteiger partial charge in [0.15, 0.2) is 5.69 Å². The summed E-state index contributed by atoms with van der Waals surface area (Å²) in [5.74, 6) is -0.848. The number of carbonyl (C=O) groups excluding carboxylic acids is 1. The van der Waals surface area contributed by atoms with Crippen molar-refractivity contribution < 1.29 is 9.72 Å². The highest BCUT2D eigenvalue weighted by Gasteiger charge is 2.25. The van der Waals surface area contributed by atoms with Crippen molar-refractivity contribution in [3.05, 3.63) is 38.5 Å². The Morgan fingerprint density at radius 2 is 2.19 bits per heavy atom. The first-order valence-electron chi connectivity index (χ1n) is 4.26. The second-order valence-corrected chi connectivity index (χ2v) is 4.08. The van der Waals surface area contributed by atoms with Crippen LogP contribution in [0.25, 0.3) is 10.9 Å². The highest BCUT2D eigenvalue weighted by atomic mass is 79.9. The minimum Gasteiger partial charge on any atom is -0.364 e. The van der Waals surface area contributed by atoms with Crippen LogP contribution < -0.4 is 5.73 Å². The van der Waals surface area contributed by atoms with Crippen molar-refractivity contribution in [2.45, 2.75) is 0 Å². The van der Waals surface area contributed by atoms with Gasteiger partial charge in [-0.05, 0) is 18.2 Å². The number of halogens is 1. The topological polar surface area (TPSA) is 102 Å². The summed E-state index contributed by atoms with van der Waals surface area (Å²) >= 11 is 3.21. The Hall–Kier alpha value is -1.89. The van der Waals surface area contributed by atoms with E-state index in [2.05, 4.69) is 20.9 Å². The molecule has 7 heteroatoms. The van der Waals surface area contributed by atoms with E-state index in [0.29, 0.717) is 15.4 Å². The minimum absolute atomic E-state index is 0.182. The Labute approximate surface area is 97.7 Å². The summed E-state index contributed by atoms with van der Waals surface area (Å²) in [6.45, 7) is 0. The summed E-state index contributed by atoms with van der Waals surface area (Å²) in [4.78, 5) is 23.9. The van der Waals surface area contributed by atoms with E-state index < -0.39 is 10.8 Å². The number of benzene rings is 1. The third-order valence-electron chi connectivity index (χ3n) is 2.16. The lowest BCUT2D eigenvalue weighted by Crippen LogP contribution is -2.13. The number of nitrogens with one attached hydrogen (secondary N) is 1. The second-order valence-electron chi connectivity index (χ2n) is 3.16. The maximum atomic E-state index is 11.1. The number of carbonyl (C=O) groups is 1. The summed E-state index contributed by atoms with van der Waals surface area (Å²) in [5, 5.41) is 11.2. The molecule has 0 aliphatic heterocycles. The van der Waals surface area contributed by atoms with Crippen LogP contribution in [0.5, 0.6) is 0 Å². The van der Waals surface area contributed by atoms with Gasteiger partial charge in [-0.1, -0.05) is 15.9 Å². The molecule has 6 nitrogen and oxygen atoms in total. The average molecular weight is 284 g/mol. The molecule has 0 aliphatic carbocycles. The van der Waals surface area contributed by atoms with Gasteiger partial charge in [0.25, 0.3) is 5.91 Å². The van der Waals surface area contributed by atoms with Crippen LogP contribution in [-0.4, -0.2) is 15.8 Å². The molecule has 3 N–H and O–H groups in total. The van der Waals surface area contributed by atoms with Crippen LogP contribution in [0.15, 0.2) is 22.7 Å². The van der Waals surface area contributed by atoms with Gasteiger partial charge in [0.05, 0.1) is 15.8 Å². The van der Waals surface area contributed by atoms with Gasteiger partial charge in [0.1, 0.15) is 0 Å². The average Bonchev–Trinajstić information content (AvgIpc) is 2.55. The molecule has 2 aromatic rings. The Morgan fingerprint density at radius 3 is 2.75 bits per heavy atom. The standard InChI is InChI=1S/C9H6BrN3O3/c10-4-1-2-6-5(3-4)8(13(15)16)7(12-6)9(11)14/h1-3,12H,(H2,11,14). The number of primary amides is 1. The summed E-state index contributed by atoms with van der Waals surface area (Å²) in [6.07, 6.45) is 0. The molecule has 1 amide bonds. The van der Waals surface area contributed by atoms with E-state index in [4.69, 9.17) is 5.73 Å². The van der Waals surface area contributed by atoms with Crippen LogP contribution in [0.2, 0.25) is 0 Å². The fourth-order valence-corrected chi connectivity index (χ4v) is 1.88. The zero-order valence-electron chi connectivity index (χ0n) is 7.86. The van der Waals surface area contributed by atoms with Gasteiger partial charge in [0, 0.05) is 4.47 Å². The molecule has 1 aromatic heterocycles. The molecule has 0 saturated heterocycles. The van der Waals surface area contributed by atoms with Gasteiger partial charge in [-0.25, -0.2) is 0 Å². The molecule has 0 saturated carbocycles. The zero-order valence-corrected chi connectivity index (χ0v) is 9.45. The number of rotatable bonds is 2. The van der Waals surface area contributed by atoms with E-state index in [1.54, 1.807) is 18.2 Å². The van der Waals surface area contributed by atoms with Crippen molar-refractivity contribution in [1.82, 2.24) is 4.98 Å². The third kappa shape index (κ3) is 1.54. The van der Waals surface area contributed by atoms with Gasteiger partial charge in [-0.3, -0.25) is 14.9 Å². The molecule has 0 radical (unpaired) electrons. The van der Waals surface area contributed by atoms with E-state index in [-0.39, 0.29) is 11.4 Å². The van der Waals surface area contributed by atoms with Gasteiger partial charge in [0.2, 0.25) is 0 Å². The van der Waals surface area contributed by atoms with Gasteiger partial charge in [-0.15, -0.1) is 0 Å². The fraction of sp³-hybridized carbons (Fsp3) is 0. The lowest BCUT2D eigenvalue weighted by atomic mass is 10.2. The van der Waals surface area contributed by atoms with Crippen LogP contribution in [0.3, 0.4) is 0 Å². The van der Waals surface area contributed by atoms with E-state index in [1.165, 1.54) is 0 Å². The fourth-order valence-electron chi connectivity index (χ4n) is 1.52. The van der Waals surface area contributed by atoms with Crippen LogP contribution in [-0.2, 0) is 0 Å². The van der Waals surface area contributed by atoms with Crippen molar-refractivity contribution in [2.24, 2.45) is 5.73 Å². The molecular weight excluding hydrogens is 278 g/mol. The number of nitrogens with two attached hydrogens (primary N) is 1. The Morgan fingerprint density at radius 1 is 1.50 bits per heavy atom. The van der Waals surface area contributed by atoms with Crippen molar-refractivity contribution in [3.63, 3.8) is 0 Å². The predicted molar refractivity (Wildman–Crippen MR) is 61.2 cm³/mol. The van der Waals surface area contributed by atoms with E-state index in [1.807, 2.05) is 0 Å². The largest absolute Gasteiger partial charge is 0.364 e. The van der Waals surface area contributed by atoms with Crippen molar-refractivity contribution in [2.75, 3.05) is 0 Å². The summed E-state index contributed by atoms with van der Waals surface area (Å²) in [5.41, 5.74) is 5.10. The van der Waals surface area contributed by atoms with Crippen LogP contribution in [0.1, 0.15) is 10.5 Å². The highest BCUT2D eigenvalue weighted by Crippen LogP contribution is 2.31. The molecule has 16 heavy (non-hydrogen) atoms. The second kappa shape index (κ2) is 3.60. The van der Waals surface area contributed by atoms with Crippen LogP contribution >= 0.6 is 15.9 Å². The molecule has 0 spiro atoms. The number of nitro groups is 1. The van der Waals surface area contributed by atoms with E-state index in [9.17, 15) is 14.9 Å². The molecule has 2 rings (SSSR count). The maximum Gasteiger partial charge on any atom is 0.307 e. The number of aromatic amines is 1. The van der Waals surface area contributed by atoms with Gasteiger partial charge in [-0.2, -0.15) is 0 Å². The number of aromatic nitrogens is 1. The summed E-state index contributed by atoms with van der Waals surface area (Å²) in [6, 6.07) is 4.92. The minimum atomic E-state index is -0.848. The molecule has 1 aromatic carbocycles. The number of fused-ring (bicyclic) bond motifs is 1. The number of hydrogen-bond donors (Lipinski definition) is 2. The molecule has 1 heterocycles. The first-order valence-corrected chi connectivity index (χ1v) is 5.05. The molecule has 0 fully saturated rings. The maximum absolute atomic E-state index is 11.1. The molecule has 82 valence electrons. The number of nitrogens with zero attached hydrogens (tertiary/aromatic N) is 1. The quantitative estimate of drug-likeness (QED) is 0.650. The Balaban J connectivity index is 2.88. The number of H-pyrrole nitrogens is 1. The highest BCUT2D eigenvalue weighted by molar-refractivity contribution is 9.10. The lowest BCUT2D eigenvalue weighted by molar-refractivity contribution is -0.383. The van der Waals surface area contributed by atoms with Crippen molar-refractivity contribution in [3.8, 4) is 0 Å². The Kier molecular flexibility index (Phi) is 2.39. The predicted octanol–water partition coefficient (Wildman–Crippen LogP) is 1.94. The van der Waals surface area contributed by atoms with Crippen LogP contribution in [0, 0.1) is 10.1 Å². The normalized spacial score (nSPS) is 10.6. The smallest absolute Gasteiger partial charge is 0.307 e. The molecule has 0 aliphatic rings. The van der Waals surface area contributed by atoms with E-state index in [0.717, 1.165) is 0 Å². The number of amides is 1. The molecule has 0 unspecified atom stereocenters. The molecule has 0 bridgehead atoms. The SMILES string of the molecule is NC(=O)c1[nH]c2ccc(Br)cc2c1[N+](=O)[O-]. The third-order valence-corrected chi connectivity index (χ3v) is 2.66. The van der Waals surface area contributed by atoms with Crippen LogP contribution in [0.4, 0.5) is 5.69 Å². The monoisotopic (exact) mass is 283 g/mol. The Bertz CT molecular complexity index is 605. The zero-order chi connectivity index (χ0) is 11.9. The molecule has 0 atom stereocenters. The first-order chi connectivity index (χ1) is 7.50. The van der Waals surface area contributed by atoms with Crippen molar-refractivity contribution >= 4 is 38.4 Å². The van der Waals surface area contributed by atoms with E-state index >= 15 is 0 Å². The van der Waals surface area contributed by atoms with Crippen molar-refractivity contribution in [1.29, 1.82) is 0 Å². The lowest BCUT2D eigenvalue weighted by Gasteiger charge is -1.92.